The summed E-state index contributed by atoms with van der Waals surface area (Å²) < 4.78 is 1.92. The first kappa shape index (κ1) is 15.3. The minimum atomic E-state index is -0.445. The lowest BCUT2D eigenvalue weighted by atomic mass is 10.1. The van der Waals surface area contributed by atoms with Crippen LogP contribution in [0.15, 0.2) is 42.9 Å². The number of rotatable bonds is 1. The molecule has 0 amide bonds. The number of halogens is 2. The Kier molecular flexibility index (Phi) is 3.46. The fourth-order valence-electron chi connectivity index (χ4n) is 3.26. The molecule has 7 heteroatoms. The van der Waals surface area contributed by atoms with E-state index in [1.807, 2.05) is 40.7 Å². The summed E-state index contributed by atoms with van der Waals surface area (Å²) in [7, 11) is 0. The van der Waals surface area contributed by atoms with Crippen LogP contribution in [0.2, 0.25) is 10.0 Å². The Morgan fingerprint density at radius 2 is 1.96 bits per heavy atom. The van der Waals surface area contributed by atoms with Gasteiger partial charge in [0.25, 0.3) is 0 Å². The number of anilines is 3. The monoisotopic (exact) mass is 359 g/mol. The highest BCUT2D eigenvalue weighted by Gasteiger charge is 2.33. The van der Waals surface area contributed by atoms with Gasteiger partial charge in [0.2, 0.25) is 0 Å². The SMILES string of the molecule is Cc1cc(Cl)cc(Cl)c1N1c2cccc(N)c2-n2cncc2C1N. The van der Waals surface area contributed by atoms with Crippen LogP contribution < -0.4 is 16.4 Å². The molecule has 2 heterocycles. The summed E-state index contributed by atoms with van der Waals surface area (Å²) in [5, 5.41) is 1.13. The van der Waals surface area contributed by atoms with Crippen LogP contribution in [-0.4, -0.2) is 9.55 Å². The van der Waals surface area contributed by atoms with Crippen molar-refractivity contribution in [2.75, 3.05) is 10.6 Å². The van der Waals surface area contributed by atoms with Crippen LogP contribution >= 0.6 is 23.2 Å². The molecule has 24 heavy (non-hydrogen) atoms. The number of benzene rings is 2. The summed E-state index contributed by atoms with van der Waals surface area (Å²) in [5.74, 6) is 0. The molecule has 4 N–H and O–H groups in total. The molecule has 0 saturated heterocycles. The van der Waals surface area contributed by atoms with Gasteiger partial charge in [-0.15, -0.1) is 0 Å². The van der Waals surface area contributed by atoms with Gasteiger partial charge in [0.05, 0.1) is 46.0 Å². The van der Waals surface area contributed by atoms with E-state index in [2.05, 4.69) is 4.98 Å². The van der Waals surface area contributed by atoms with Gasteiger partial charge in [-0.1, -0.05) is 29.3 Å². The third-order valence-corrected chi connectivity index (χ3v) is 4.76. The fourth-order valence-corrected chi connectivity index (χ4v) is 3.94. The molecule has 0 spiro atoms. The molecule has 5 nitrogen and oxygen atoms in total. The Bertz CT molecular complexity index is 927. The predicted molar refractivity (Wildman–Crippen MR) is 98.2 cm³/mol. The van der Waals surface area contributed by atoms with E-state index < -0.39 is 6.17 Å². The molecule has 0 fully saturated rings. The third-order valence-electron chi connectivity index (χ3n) is 4.25. The number of aromatic nitrogens is 2. The van der Waals surface area contributed by atoms with Gasteiger partial charge in [-0.05, 0) is 36.8 Å². The maximum atomic E-state index is 6.54. The van der Waals surface area contributed by atoms with Crippen molar-refractivity contribution < 1.29 is 0 Å². The lowest BCUT2D eigenvalue weighted by Crippen LogP contribution is -2.37. The smallest absolute Gasteiger partial charge is 0.125 e. The van der Waals surface area contributed by atoms with Crippen LogP contribution in [-0.2, 0) is 0 Å². The Morgan fingerprint density at radius 1 is 1.17 bits per heavy atom. The van der Waals surface area contributed by atoms with E-state index in [-0.39, 0.29) is 0 Å². The Balaban J connectivity index is 2.04. The Labute approximate surface area is 149 Å². The normalized spacial score (nSPS) is 16.0. The molecular weight excluding hydrogens is 345 g/mol. The van der Waals surface area contributed by atoms with Crippen LogP contribution in [0, 0.1) is 6.92 Å². The molecule has 0 saturated carbocycles. The minimum absolute atomic E-state index is 0.445. The molecule has 0 radical (unpaired) electrons. The lowest BCUT2D eigenvalue weighted by molar-refractivity contribution is 0.666. The van der Waals surface area contributed by atoms with E-state index in [1.54, 1.807) is 18.6 Å². The first-order chi connectivity index (χ1) is 11.5. The molecule has 0 bridgehead atoms. The van der Waals surface area contributed by atoms with Crippen LogP contribution in [0.1, 0.15) is 17.4 Å². The van der Waals surface area contributed by atoms with E-state index in [9.17, 15) is 0 Å². The first-order valence-corrected chi connectivity index (χ1v) is 8.16. The summed E-state index contributed by atoms with van der Waals surface area (Å²) >= 11 is 12.6. The maximum absolute atomic E-state index is 6.54. The molecule has 1 aliphatic rings. The predicted octanol–water partition coefficient (Wildman–Crippen LogP) is 4.18. The number of nitrogens with zero attached hydrogens (tertiary/aromatic N) is 3. The second-order valence-electron chi connectivity index (χ2n) is 5.77. The van der Waals surface area contributed by atoms with Crippen LogP contribution in [0.4, 0.5) is 17.1 Å². The minimum Gasteiger partial charge on any atom is -0.397 e. The van der Waals surface area contributed by atoms with Gasteiger partial charge in [-0.2, -0.15) is 0 Å². The molecule has 4 rings (SSSR count). The summed E-state index contributed by atoms with van der Waals surface area (Å²) in [6, 6.07) is 9.31. The standard InChI is InChI=1S/C17H15Cl2N5/c1-9-5-10(18)6-11(19)15(9)24-13-4-2-3-12(20)16(13)23-8-22-7-14(23)17(24)21/h2-8,17H,20-21H2,1H3. The number of aryl methyl sites for hydroxylation is 1. The molecule has 2 aromatic carbocycles. The number of fused-ring (bicyclic) bond motifs is 3. The number of nitrogen functional groups attached to an aromatic ring is 1. The number of hydrogen-bond donors (Lipinski definition) is 2. The van der Waals surface area contributed by atoms with Crippen molar-refractivity contribution in [3.8, 4) is 5.69 Å². The molecule has 1 atom stereocenters. The Hall–Kier alpha value is -2.21. The highest BCUT2D eigenvalue weighted by atomic mass is 35.5. The van der Waals surface area contributed by atoms with Crippen molar-refractivity contribution >= 4 is 40.3 Å². The number of nitrogens with two attached hydrogens (primary N) is 2. The number of para-hydroxylation sites is 1. The molecular formula is C17H15Cl2N5. The first-order valence-electron chi connectivity index (χ1n) is 7.40. The van der Waals surface area contributed by atoms with Crippen molar-refractivity contribution in [3.05, 3.63) is 64.2 Å². The summed E-state index contributed by atoms with van der Waals surface area (Å²) in [4.78, 5) is 6.21. The molecule has 0 aliphatic carbocycles. The Morgan fingerprint density at radius 3 is 2.71 bits per heavy atom. The molecule has 3 aromatic rings. The van der Waals surface area contributed by atoms with E-state index >= 15 is 0 Å². The zero-order valence-corrected chi connectivity index (χ0v) is 14.4. The average Bonchev–Trinajstić information content (AvgIpc) is 2.99. The highest BCUT2D eigenvalue weighted by molar-refractivity contribution is 6.36. The largest absolute Gasteiger partial charge is 0.397 e. The molecule has 1 unspecified atom stereocenters. The van der Waals surface area contributed by atoms with Gasteiger partial charge < -0.3 is 16.4 Å². The fraction of sp³-hybridized carbons (Fsp3) is 0.118. The van der Waals surface area contributed by atoms with Crippen molar-refractivity contribution in [2.24, 2.45) is 5.73 Å². The second-order valence-corrected chi connectivity index (χ2v) is 6.62. The van der Waals surface area contributed by atoms with Crippen molar-refractivity contribution in [2.45, 2.75) is 13.1 Å². The van der Waals surface area contributed by atoms with Crippen LogP contribution in [0.3, 0.4) is 0 Å². The van der Waals surface area contributed by atoms with Gasteiger partial charge in [0, 0.05) is 5.02 Å². The molecule has 1 aliphatic heterocycles. The lowest BCUT2D eigenvalue weighted by Gasteiger charge is -2.38. The quantitative estimate of drug-likeness (QED) is 0.639. The van der Waals surface area contributed by atoms with Crippen LogP contribution in [0.5, 0.6) is 0 Å². The van der Waals surface area contributed by atoms with Gasteiger partial charge in [-0.3, -0.25) is 4.57 Å². The van der Waals surface area contributed by atoms with Crippen molar-refractivity contribution in [3.63, 3.8) is 0 Å². The van der Waals surface area contributed by atoms with Crippen molar-refractivity contribution in [1.82, 2.24) is 9.55 Å². The van der Waals surface area contributed by atoms with E-state index in [0.29, 0.717) is 15.7 Å². The number of hydrogen-bond acceptors (Lipinski definition) is 4. The van der Waals surface area contributed by atoms with E-state index in [4.69, 9.17) is 34.7 Å². The zero-order chi connectivity index (χ0) is 17.0. The van der Waals surface area contributed by atoms with E-state index in [1.165, 1.54) is 0 Å². The number of imidazole rings is 1. The summed E-state index contributed by atoms with van der Waals surface area (Å²) in [6.07, 6.45) is 3.02. The van der Waals surface area contributed by atoms with Gasteiger partial charge in [0.15, 0.2) is 0 Å². The van der Waals surface area contributed by atoms with Crippen molar-refractivity contribution in [1.29, 1.82) is 0 Å². The summed E-state index contributed by atoms with van der Waals surface area (Å²) in [5.41, 5.74) is 17.7. The zero-order valence-electron chi connectivity index (χ0n) is 12.9. The van der Waals surface area contributed by atoms with Gasteiger partial charge in [-0.25, -0.2) is 4.98 Å². The molecule has 1 aromatic heterocycles. The maximum Gasteiger partial charge on any atom is 0.125 e. The molecule has 122 valence electrons. The van der Waals surface area contributed by atoms with E-state index in [0.717, 1.165) is 28.3 Å². The highest BCUT2D eigenvalue weighted by Crippen LogP contribution is 2.47. The third kappa shape index (κ3) is 2.09. The van der Waals surface area contributed by atoms with Gasteiger partial charge >= 0.3 is 0 Å². The second kappa shape index (κ2) is 5.41. The van der Waals surface area contributed by atoms with Crippen LogP contribution in [0.25, 0.3) is 5.69 Å². The van der Waals surface area contributed by atoms with Gasteiger partial charge in [0.1, 0.15) is 6.17 Å². The average molecular weight is 360 g/mol. The topological polar surface area (TPSA) is 73.1 Å². The summed E-state index contributed by atoms with van der Waals surface area (Å²) in [6.45, 7) is 1.96.